The fourth-order valence-corrected chi connectivity index (χ4v) is 4.74. The molecule has 10 heteroatoms. The normalized spacial score (nSPS) is 10.5. The molecular formula is C16H9Cl2N3O3S2. The Labute approximate surface area is 166 Å². The first-order valence-corrected chi connectivity index (χ1v) is 9.46. The molecule has 0 saturated carbocycles. The first-order valence-electron chi connectivity index (χ1n) is 7.07. The summed E-state index contributed by atoms with van der Waals surface area (Å²) < 4.78 is 0.309. The second-order valence-corrected chi connectivity index (χ2v) is 8.04. The number of aromatic nitrogens is 1. The van der Waals surface area contributed by atoms with E-state index in [0.29, 0.717) is 14.8 Å². The summed E-state index contributed by atoms with van der Waals surface area (Å²) in [7, 11) is 0. The third-order valence-electron chi connectivity index (χ3n) is 3.14. The number of nitrogens with zero attached hydrogens (tertiary/aromatic N) is 2. The van der Waals surface area contributed by atoms with Crippen LogP contribution in [0, 0.1) is 10.1 Å². The number of halogens is 2. The average Bonchev–Trinajstić information content (AvgIpc) is 3.04. The molecule has 0 bridgehead atoms. The van der Waals surface area contributed by atoms with E-state index in [-0.39, 0.29) is 20.6 Å². The molecule has 0 saturated heterocycles. The SMILES string of the molecule is O=C(Nc1ccccc1)c1cc([N+](=O)[O-])c(Sc2c(Cl)cncc2Cl)s1. The smallest absolute Gasteiger partial charge is 0.294 e. The number of carbonyl (C=O) groups is 1. The van der Waals surface area contributed by atoms with Crippen molar-refractivity contribution in [3.05, 3.63) is 73.8 Å². The van der Waals surface area contributed by atoms with E-state index in [1.807, 2.05) is 6.07 Å². The quantitative estimate of drug-likeness (QED) is 0.414. The van der Waals surface area contributed by atoms with E-state index in [1.54, 1.807) is 24.3 Å². The molecule has 6 nitrogen and oxygen atoms in total. The fourth-order valence-electron chi connectivity index (χ4n) is 1.98. The summed E-state index contributed by atoms with van der Waals surface area (Å²) in [5, 5.41) is 14.6. The lowest BCUT2D eigenvalue weighted by Gasteiger charge is -2.04. The van der Waals surface area contributed by atoms with Gasteiger partial charge < -0.3 is 5.32 Å². The average molecular weight is 426 g/mol. The first kappa shape index (κ1) is 18.7. The monoisotopic (exact) mass is 425 g/mol. The van der Waals surface area contributed by atoms with Crippen LogP contribution < -0.4 is 5.32 Å². The highest BCUT2D eigenvalue weighted by molar-refractivity contribution is 8.01. The molecule has 1 N–H and O–H groups in total. The third kappa shape index (κ3) is 4.16. The van der Waals surface area contributed by atoms with Crippen LogP contribution in [0.3, 0.4) is 0 Å². The number of nitro groups is 1. The summed E-state index contributed by atoms with van der Waals surface area (Å²) in [6.07, 6.45) is 2.80. The molecule has 26 heavy (non-hydrogen) atoms. The predicted octanol–water partition coefficient (Wildman–Crippen LogP) is 5.76. The summed E-state index contributed by atoms with van der Waals surface area (Å²) in [4.78, 5) is 27.7. The van der Waals surface area contributed by atoms with Gasteiger partial charge in [-0.25, -0.2) is 0 Å². The molecule has 0 aliphatic carbocycles. The fraction of sp³-hybridized carbons (Fsp3) is 0. The molecular weight excluding hydrogens is 417 g/mol. The Balaban J connectivity index is 1.91. The van der Waals surface area contributed by atoms with Gasteiger partial charge >= 0.3 is 0 Å². The van der Waals surface area contributed by atoms with E-state index in [4.69, 9.17) is 23.2 Å². The molecule has 132 valence electrons. The Morgan fingerprint density at radius 3 is 2.46 bits per heavy atom. The molecule has 2 aromatic heterocycles. The molecule has 1 amide bonds. The Kier molecular flexibility index (Phi) is 5.77. The minimum atomic E-state index is -0.541. The molecule has 3 rings (SSSR count). The van der Waals surface area contributed by atoms with E-state index in [1.165, 1.54) is 18.5 Å². The molecule has 1 aromatic carbocycles. The summed E-state index contributed by atoms with van der Waals surface area (Å²) in [6.45, 7) is 0. The van der Waals surface area contributed by atoms with Crippen molar-refractivity contribution in [3.63, 3.8) is 0 Å². The molecule has 2 heterocycles. The summed E-state index contributed by atoms with van der Waals surface area (Å²) in [5.74, 6) is -0.428. The maximum atomic E-state index is 12.4. The van der Waals surface area contributed by atoms with Gasteiger partial charge in [0.1, 0.15) is 9.09 Å². The highest BCUT2D eigenvalue weighted by atomic mass is 35.5. The minimum Gasteiger partial charge on any atom is -0.321 e. The largest absolute Gasteiger partial charge is 0.321 e. The Morgan fingerprint density at radius 1 is 1.19 bits per heavy atom. The van der Waals surface area contributed by atoms with Crippen molar-refractivity contribution in [2.75, 3.05) is 5.32 Å². The molecule has 0 unspecified atom stereocenters. The summed E-state index contributed by atoms with van der Waals surface area (Å²) in [6, 6.07) is 10.1. The van der Waals surface area contributed by atoms with Gasteiger partial charge in [0.05, 0.1) is 19.9 Å². The van der Waals surface area contributed by atoms with Gasteiger partial charge in [-0.15, -0.1) is 11.3 Å². The van der Waals surface area contributed by atoms with Gasteiger partial charge in [-0.1, -0.05) is 53.2 Å². The number of pyridine rings is 1. The Hall–Kier alpha value is -2.13. The number of rotatable bonds is 5. The van der Waals surface area contributed by atoms with E-state index in [2.05, 4.69) is 10.3 Å². The standard InChI is InChI=1S/C16H9Cl2N3O3S2/c17-10-7-19-8-11(18)14(10)26-16-12(21(23)24)6-13(25-16)15(22)20-9-4-2-1-3-5-9/h1-8H,(H,20,22). The van der Waals surface area contributed by atoms with E-state index >= 15 is 0 Å². The predicted molar refractivity (Wildman–Crippen MR) is 104 cm³/mol. The lowest BCUT2D eigenvalue weighted by molar-refractivity contribution is -0.387. The van der Waals surface area contributed by atoms with Crippen molar-refractivity contribution in [3.8, 4) is 0 Å². The van der Waals surface area contributed by atoms with Crippen molar-refractivity contribution in [2.24, 2.45) is 0 Å². The van der Waals surface area contributed by atoms with E-state index < -0.39 is 10.8 Å². The van der Waals surface area contributed by atoms with Gasteiger partial charge in [0.2, 0.25) is 0 Å². The van der Waals surface area contributed by atoms with Crippen molar-refractivity contribution < 1.29 is 9.72 Å². The van der Waals surface area contributed by atoms with Crippen LogP contribution in [0.2, 0.25) is 10.0 Å². The van der Waals surface area contributed by atoms with Crippen LogP contribution in [0.5, 0.6) is 0 Å². The van der Waals surface area contributed by atoms with Gasteiger partial charge in [-0.2, -0.15) is 0 Å². The van der Waals surface area contributed by atoms with Gasteiger partial charge in [0.25, 0.3) is 11.6 Å². The maximum absolute atomic E-state index is 12.4. The van der Waals surface area contributed by atoms with Crippen LogP contribution in [0.4, 0.5) is 11.4 Å². The van der Waals surface area contributed by atoms with Gasteiger partial charge in [-0.3, -0.25) is 19.9 Å². The summed E-state index contributed by atoms with van der Waals surface area (Å²) in [5.41, 5.74) is 0.421. The zero-order chi connectivity index (χ0) is 18.7. The molecule has 0 atom stereocenters. The Morgan fingerprint density at radius 2 is 1.85 bits per heavy atom. The molecule has 0 aliphatic heterocycles. The Bertz CT molecular complexity index is 960. The minimum absolute atomic E-state index is 0.179. The second kappa shape index (κ2) is 8.05. The molecule has 0 fully saturated rings. The van der Waals surface area contributed by atoms with Crippen LogP contribution in [0.1, 0.15) is 9.67 Å². The second-order valence-electron chi connectivity index (χ2n) is 4.89. The zero-order valence-electron chi connectivity index (χ0n) is 12.8. The third-order valence-corrected chi connectivity index (χ3v) is 6.39. The van der Waals surface area contributed by atoms with Crippen LogP contribution in [0.15, 0.2) is 57.9 Å². The molecule has 0 aliphatic rings. The van der Waals surface area contributed by atoms with Crippen LogP contribution in [-0.2, 0) is 0 Å². The first-order chi connectivity index (χ1) is 12.5. The zero-order valence-corrected chi connectivity index (χ0v) is 16.0. The van der Waals surface area contributed by atoms with Gasteiger partial charge in [-0.05, 0) is 12.1 Å². The van der Waals surface area contributed by atoms with Crippen molar-refractivity contribution in [1.82, 2.24) is 4.98 Å². The van der Waals surface area contributed by atoms with Crippen molar-refractivity contribution >= 4 is 63.6 Å². The highest BCUT2D eigenvalue weighted by Gasteiger charge is 2.25. The number of nitrogens with one attached hydrogen (secondary N) is 1. The van der Waals surface area contributed by atoms with Gasteiger partial charge in [0, 0.05) is 24.1 Å². The van der Waals surface area contributed by atoms with Gasteiger partial charge in [0.15, 0.2) is 0 Å². The topological polar surface area (TPSA) is 85.1 Å². The summed E-state index contributed by atoms with van der Waals surface area (Å²) >= 11 is 14.2. The lowest BCUT2D eigenvalue weighted by atomic mass is 10.3. The van der Waals surface area contributed by atoms with E-state index in [9.17, 15) is 14.9 Å². The van der Waals surface area contributed by atoms with Crippen molar-refractivity contribution in [2.45, 2.75) is 9.10 Å². The van der Waals surface area contributed by atoms with Crippen LogP contribution >= 0.6 is 46.3 Å². The number of benzene rings is 1. The lowest BCUT2D eigenvalue weighted by Crippen LogP contribution is -2.09. The van der Waals surface area contributed by atoms with Crippen molar-refractivity contribution in [1.29, 1.82) is 0 Å². The molecule has 0 radical (unpaired) electrons. The number of carbonyl (C=O) groups excluding carboxylic acids is 1. The molecule has 3 aromatic rings. The van der Waals surface area contributed by atoms with Crippen LogP contribution in [-0.4, -0.2) is 15.8 Å². The number of hydrogen-bond acceptors (Lipinski definition) is 6. The molecule has 0 spiro atoms. The van der Waals surface area contributed by atoms with Crippen LogP contribution in [0.25, 0.3) is 0 Å². The number of para-hydroxylation sites is 1. The van der Waals surface area contributed by atoms with E-state index in [0.717, 1.165) is 23.1 Å². The number of hydrogen-bond donors (Lipinski definition) is 1. The number of anilines is 1. The number of thiophene rings is 1. The maximum Gasteiger partial charge on any atom is 0.294 e. The number of amides is 1. The highest BCUT2D eigenvalue weighted by Crippen LogP contribution is 2.45.